The van der Waals surface area contributed by atoms with Gasteiger partial charge in [-0.25, -0.2) is 8.78 Å². The minimum absolute atomic E-state index is 0.150. The zero-order chi connectivity index (χ0) is 14.7. The van der Waals surface area contributed by atoms with Gasteiger partial charge in [0, 0.05) is 18.2 Å². The van der Waals surface area contributed by atoms with Crippen molar-refractivity contribution in [3.05, 3.63) is 58.7 Å². The molecule has 0 aliphatic rings. The highest BCUT2D eigenvalue weighted by Crippen LogP contribution is 2.23. The summed E-state index contributed by atoms with van der Waals surface area (Å²) in [5.41, 5.74) is 2.42. The van der Waals surface area contributed by atoms with E-state index < -0.39 is 11.6 Å². The topological polar surface area (TPSA) is 21.3 Å². The van der Waals surface area contributed by atoms with Crippen molar-refractivity contribution >= 4 is 5.69 Å². The number of halogens is 2. The molecule has 0 aliphatic carbocycles. The van der Waals surface area contributed by atoms with E-state index in [1.54, 1.807) is 7.11 Å². The van der Waals surface area contributed by atoms with E-state index in [-0.39, 0.29) is 5.69 Å². The lowest BCUT2D eigenvalue weighted by atomic mass is 10.1. The Hall–Kier alpha value is -2.10. The van der Waals surface area contributed by atoms with Gasteiger partial charge < -0.3 is 10.1 Å². The van der Waals surface area contributed by atoms with Gasteiger partial charge in [-0.15, -0.1) is 0 Å². The van der Waals surface area contributed by atoms with Crippen molar-refractivity contribution in [1.29, 1.82) is 0 Å². The van der Waals surface area contributed by atoms with Gasteiger partial charge in [0.15, 0.2) is 0 Å². The first-order valence-corrected chi connectivity index (χ1v) is 6.34. The van der Waals surface area contributed by atoms with E-state index in [1.807, 2.05) is 25.1 Å². The lowest BCUT2D eigenvalue weighted by Crippen LogP contribution is -2.04. The quantitative estimate of drug-likeness (QED) is 0.904. The fraction of sp³-hybridized carbons (Fsp3) is 0.250. The molecule has 0 fully saturated rings. The maximum atomic E-state index is 13.7. The Morgan fingerprint density at radius 2 is 1.80 bits per heavy atom. The van der Waals surface area contributed by atoms with Gasteiger partial charge in [-0.3, -0.25) is 0 Å². The average Bonchev–Trinajstić information content (AvgIpc) is 2.41. The van der Waals surface area contributed by atoms with E-state index in [2.05, 4.69) is 5.32 Å². The highest BCUT2D eigenvalue weighted by Gasteiger charge is 2.08. The van der Waals surface area contributed by atoms with Crippen molar-refractivity contribution < 1.29 is 13.5 Å². The van der Waals surface area contributed by atoms with Crippen molar-refractivity contribution in [2.24, 2.45) is 0 Å². The molecule has 0 heterocycles. The Balaban J connectivity index is 2.21. The molecule has 2 rings (SSSR count). The lowest BCUT2D eigenvalue weighted by Gasteiger charge is -2.12. The van der Waals surface area contributed by atoms with Gasteiger partial charge in [0.05, 0.1) is 12.8 Å². The van der Waals surface area contributed by atoms with Gasteiger partial charge in [-0.2, -0.15) is 0 Å². The van der Waals surface area contributed by atoms with E-state index in [4.69, 9.17) is 4.74 Å². The number of methoxy groups -OCH3 is 1. The van der Waals surface area contributed by atoms with E-state index in [0.29, 0.717) is 12.1 Å². The molecule has 20 heavy (non-hydrogen) atoms. The van der Waals surface area contributed by atoms with Crippen LogP contribution in [0.15, 0.2) is 30.3 Å². The minimum Gasteiger partial charge on any atom is -0.496 e. The van der Waals surface area contributed by atoms with Gasteiger partial charge in [0.1, 0.15) is 17.4 Å². The molecule has 2 nitrogen and oxygen atoms in total. The average molecular weight is 277 g/mol. The molecule has 0 saturated carbocycles. The molecular weight excluding hydrogens is 260 g/mol. The molecule has 0 bridgehead atoms. The molecule has 0 atom stereocenters. The summed E-state index contributed by atoms with van der Waals surface area (Å²) in [6.07, 6.45) is 0. The number of ether oxygens (including phenoxy) is 1. The molecule has 0 aromatic heterocycles. The van der Waals surface area contributed by atoms with Crippen LogP contribution in [0.3, 0.4) is 0 Å². The predicted molar refractivity (Wildman–Crippen MR) is 76.2 cm³/mol. The van der Waals surface area contributed by atoms with Crippen molar-refractivity contribution in [2.45, 2.75) is 20.4 Å². The Labute approximate surface area is 117 Å². The van der Waals surface area contributed by atoms with E-state index in [1.165, 1.54) is 19.1 Å². The van der Waals surface area contributed by atoms with Crippen LogP contribution in [-0.2, 0) is 6.54 Å². The fourth-order valence-electron chi connectivity index (χ4n) is 2.02. The second-order valence-corrected chi connectivity index (χ2v) is 4.75. The van der Waals surface area contributed by atoms with Crippen molar-refractivity contribution in [1.82, 2.24) is 0 Å². The van der Waals surface area contributed by atoms with Crippen LogP contribution in [-0.4, -0.2) is 7.11 Å². The second kappa shape index (κ2) is 5.90. The first-order chi connectivity index (χ1) is 9.51. The van der Waals surface area contributed by atoms with Crippen LogP contribution in [0.4, 0.5) is 14.5 Å². The van der Waals surface area contributed by atoms with E-state index >= 15 is 0 Å². The number of anilines is 1. The van der Waals surface area contributed by atoms with Gasteiger partial charge >= 0.3 is 0 Å². The summed E-state index contributed by atoms with van der Waals surface area (Å²) in [5.74, 6) is -0.170. The molecule has 0 spiro atoms. The number of benzene rings is 2. The zero-order valence-corrected chi connectivity index (χ0v) is 11.8. The van der Waals surface area contributed by atoms with E-state index in [0.717, 1.165) is 16.9 Å². The number of aryl methyl sites for hydroxylation is 2. The van der Waals surface area contributed by atoms with Crippen LogP contribution in [0.5, 0.6) is 5.75 Å². The first-order valence-electron chi connectivity index (χ1n) is 6.34. The molecule has 0 unspecified atom stereocenters. The summed E-state index contributed by atoms with van der Waals surface area (Å²) < 4.78 is 32.5. The summed E-state index contributed by atoms with van der Waals surface area (Å²) in [5, 5.41) is 2.90. The molecule has 2 aromatic rings. The highest BCUT2D eigenvalue weighted by atomic mass is 19.1. The Morgan fingerprint density at radius 3 is 2.50 bits per heavy atom. The monoisotopic (exact) mass is 277 g/mol. The molecular formula is C16H17F2NO. The molecule has 1 N–H and O–H groups in total. The van der Waals surface area contributed by atoms with Gasteiger partial charge in [0.25, 0.3) is 0 Å². The fourth-order valence-corrected chi connectivity index (χ4v) is 2.02. The Kier molecular flexibility index (Phi) is 4.23. The summed E-state index contributed by atoms with van der Waals surface area (Å²) in [4.78, 5) is 0. The Bertz CT molecular complexity index is 626. The summed E-state index contributed by atoms with van der Waals surface area (Å²) >= 11 is 0. The molecule has 0 radical (unpaired) electrons. The smallest absolute Gasteiger partial charge is 0.146 e. The third-order valence-corrected chi connectivity index (χ3v) is 3.15. The second-order valence-electron chi connectivity index (χ2n) is 4.75. The molecule has 0 amide bonds. The minimum atomic E-state index is -0.462. The zero-order valence-electron chi connectivity index (χ0n) is 11.8. The number of rotatable bonds is 4. The number of hydrogen-bond acceptors (Lipinski definition) is 2. The molecule has 106 valence electrons. The normalized spacial score (nSPS) is 10.4. The van der Waals surface area contributed by atoms with Crippen LogP contribution < -0.4 is 10.1 Å². The lowest BCUT2D eigenvalue weighted by molar-refractivity contribution is 0.410. The van der Waals surface area contributed by atoms with Gasteiger partial charge in [-0.05, 0) is 31.5 Å². The maximum Gasteiger partial charge on any atom is 0.146 e. The van der Waals surface area contributed by atoms with Crippen LogP contribution in [0.25, 0.3) is 0 Å². The number of hydrogen-bond donors (Lipinski definition) is 1. The third kappa shape index (κ3) is 3.07. The first kappa shape index (κ1) is 14.3. The van der Waals surface area contributed by atoms with Crippen molar-refractivity contribution in [3.8, 4) is 5.75 Å². The maximum absolute atomic E-state index is 13.7. The van der Waals surface area contributed by atoms with Crippen LogP contribution >= 0.6 is 0 Å². The van der Waals surface area contributed by atoms with E-state index in [9.17, 15) is 8.78 Å². The Morgan fingerprint density at radius 1 is 1.05 bits per heavy atom. The SMILES string of the molecule is COc1ccc(C)cc1CNc1cc(F)c(C)cc1F. The van der Waals surface area contributed by atoms with Crippen molar-refractivity contribution in [2.75, 3.05) is 12.4 Å². The number of nitrogens with one attached hydrogen (secondary N) is 1. The predicted octanol–water partition coefficient (Wildman–Crippen LogP) is 4.20. The third-order valence-electron chi connectivity index (χ3n) is 3.15. The summed E-state index contributed by atoms with van der Waals surface area (Å²) in [6.45, 7) is 3.87. The van der Waals surface area contributed by atoms with Crippen LogP contribution in [0, 0.1) is 25.5 Å². The molecule has 0 saturated heterocycles. The van der Waals surface area contributed by atoms with Crippen LogP contribution in [0.1, 0.15) is 16.7 Å². The molecule has 2 aromatic carbocycles. The summed E-state index contributed by atoms with van der Waals surface area (Å²) in [6, 6.07) is 8.11. The molecule has 0 aliphatic heterocycles. The summed E-state index contributed by atoms with van der Waals surface area (Å²) in [7, 11) is 1.58. The largest absolute Gasteiger partial charge is 0.496 e. The standard InChI is InChI=1S/C16H17F2NO/c1-10-4-5-16(20-3)12(6-10)9-19-15-8-13(17)11(2)7-14(15)18/h4-8,19H,9H2,1-3H3. The van der Waals surface area contributed by atoms with Gasteiger partial charge in [0.2, 0.25) is 0 Å². The highest BCUT2D eigenvalue weighted by molar-refractivity contribution is 5.48. The van der Waals surface area contributed by atoms with Gasteiger partial charge in [-0.1, -0.05) is 17.7 Å². The van der Waals surface area contributed by atoms with Crippen molar-refractivity contribution in [3.63, 3.8) is 0 Å². The van der Waals surface area contributed by atoms with Crippen LogP contribution in [0.2, 0.25) is 0 Å². The molecule has 4 heteroatoms.